The summed E-state index contributed by atoms with van der Waals surface area (Å²) in [7, 11) is -3.33. The van der Waals surface area contributed by atoms with Gasteiger partial charge in [0.25, 0.3) is 0 Å². The van der Waals surface area contributed by atoms with Crippen molar-refractivity contribution in [1.29, 1.82) is 0 Å². The third-order valence-corrected chi connectivity index (χ3v) is 3.73. The van der Waals surface area contributed by atoms with Crippen LogP contribution in [0.2, 0.25) is 0 Å². The van der Waals surface area contributed by atoms with Crippen LogP contribution in [-0.4, -0.2) is 19.3 Å². The zero-order valence-electron chi connectivity index (χ0n) is 9.51. The summed E-state index contributed by atoms with van der Waals surface area (Å²) in [6.45, 7) is 1.95. The molecule has 0 aliphatic rings. The molecule has 0 aliphatic carbocycles. The Balaban J connectivity index is 2.24. The molecule has 0 saturated carbocycles. The third-order valence-electron chi connectivity index (χ3n) is 2.40. The van der Waals surface area contributed by atoms with Crippen LogP contribution in [0.3, 0.4) is 0 Å². The lowest BCUT2D eigenvalue weighted by Gasteiger charge is -2.03. The van der Waals surface area contributed by atoms with E-state index in [1.165, 1.54) is 0 Å². The fourth-order valence-electron chi connectivity index (χ4n) is 1.49. The number of anilines is 1. The molecule has 0 spiro atoms. The molecule has 6 heteroatoms. The Bertz CT molecular complexity index is 604. The molecule has 0 radical (unpaired) electrons. The number of hydrogen-bond donors (Lipinski definition) is 1. The molecule has 0 bridgehead atoms. The summed E-state index contributed by atoms with van der Waals surface area (Å²) in [5.74, 6) is 0.363. The average molecular weight is 254 g/mol. The number of benzene rings is 1. The van der Waals surface area contributed by atoms with E-state index in [9.17, 15) is 8.42 Å². The van der Waals surface area contributed by atoms with Crippen molar-refractivity contribution in [3.8, 4) is 0 Å². The molecule has 0 atom stereocenters. The van der Waals surface area contributed by atoms with Gasteiger partial charge in [0.15, 0.2) is 11.4 Å². The third kappa shape index (κ3) is 2.76. The van der Waals surface area contributed by atoms with Crippen molar-refractivity contribution in [2.75, 3.05) is 10.5 Å². The van der Waals surface area contributed by atoms with Gasteiger partial charge >= 0.3 is 0 Å². The van der Waals surface area contributed by atoms with Crippen LogP contribution in [0.15, 0.2) is 28.8 Å². The molecule has 0 fully saturated rings. The van der Waals surface area contributed by atoms with Crippen LogP contribution in [-0.2, 0) is 10.0 Å². The average Bonchev–Trinajstić information content (AvgIpc) is 2.70. The van der Waals surface area contributed by atoms with Gasteiger partial charge in [-0.25, -0.2) is 8.42 Å². The molecule has 0 unspecified atom stereocenters. The van der Waals surface area contributed by atoms with Crippen LogP contribution in [0.25, 0.3) is 11.0 Å². The molecule has 1 aromatic carbocycles. The predicted octanol–water partition coefficient (Wildman–Crippen LogP) is 2.37. The minimum Gasteiger partial charge on any atom is -0.354 e. The highest BCUT2D eigenvalue weighted by Gasteiger charge is 2.14. The van der Waals surface area contributed by atoms with Crippen LogP contribution in [0.1, 0.15) is 19.8 Å². The first-order valence-electron chi connectivity index (χ1n) is 5.47. The first-order chi connectivity index (χ1) is 8.12. The number of aromatic nitrogens is 1. The maximum Gasteiger partial charge on any atom is 0.233 e. The molecule has 0 aliphatic heterocycles. The zero-order valence-corrected chi connectivity index (χ0v) is 10.3. The minimum atomic E-state index is -3.33. The summed E-state index contributed by atoms with van der Waals surface area (Å²) in [6, 6.07) is 7.13. The molecule has 1 heterocycles. The minimum absolute atomic E-state index is 0.102. The molecule has 17 heavy (non-hydrogen) atoms. The van der Waals surface area contributed by atoms with Crippen molar-refractivity contribution in [1.82, 2.24) is 5.16 Å². The molecular formula is C11H14N2O3S. The Morgan fingerprint density at radius 3 is 2.88 bits per heavy atom. The lowest BCUT2D eigenvalue weighted by molar-refractivity contribution is 0.460. The van der Waals surface area contributed by atoms with E-state index >= 15 is 0 Å². The van der Waals surface area contributed by atoms with Crippen molar-refractivity contribution < 1.29 is 12.9 Å². The summed E-state index contributed by atoms with van der Waals surface area (Å²) in [6.07, 6.45) is 1.46. The van der Waals surface area contributed by atoms with Crippen LogP contribution >= 0.6 is 0 Å². The van der Waals surface area contributed by atoms with Gasteiger partial charge in [0.1, 0.15) is 0 Å². The van der Waals surface area contributed by atoms with Crippen molar-refractivity contribution in [3.63, 3.8) is 0 Å². The molecule has 1 aromatic heterocycles. The first-order valence-corrected chi connectivity index (χ1v) is 7.12. The summed E-state index contributed by atoms with van der Waals surface area (Å²) in [5, 5.41) is 4.40. The smallest absolute Gasteiger partial charge is 0.233 e. The molecule has 2 rings (SSSR count). The summed E-state index contributed by atoms with van der Waals surface area (Å²) >= 11 is 0. The Hall–Kier alpha value is -1.56. The molecule has 0 amide bonds. The van der Waals surface area contributed by atoms with E-state index in [0.717, 1.165) is 6.42 Å². The maximum atomic E-state index is 11.7. The largest absolute Gasteiger partial charge is 0.354 e. The second kappa shape index (κ2) is 4.75. The summed E-state index contributed by atoms with van der Waals surface area (Å²) in [4.78, 5) is 0. The Morgan fingerprint density at radius 2 is 2.12 bits per heavy atom. The quantitative estimate of drug-likeness (QED) is 0.889. The standard InChI is InChI=1S/C11H14N2O3S/c1-2-3-8-17(14,15)13-11-9-6-4-5-7-10(9)16-12-11/h4-7H,2-3,8H2,1H3,(H,12,13). The van der Waals surface area contributed by atoms with Crippen LogP contribution in [0, 0.1) is 0 Å². The van der Waals surface area contributed by atoms with Crippen LogP contribution in [0.5, 0.6) is 0 Å². The van der Waals surface area contributed by atoms with E-state index in [4.69, 9.17) is 4.52 Å². The van der Waals surface area contributed by atoms with E-state index in [2.05, 4.69) is 9.88 Å². The molecule has 2 aromatic rings. The normalized spacial score (nSPS) is 11.8. The van der Waals surface area contributed by atoms with E-state index in [0.29, 0.717) is 17.4 Å². The van der Waals surface area contributed by atoms with E-state index in [1.54, 1.807) is 12.1 Å². The second-order valence-corrected chi connectivity index (χ2v) is 5.64. The zero-order chi connectivity index (χ0) is 12.3. The van der Waals surface area contributed by atoms with Gasteiger partial charge in [0.05, 0.1) is 11.1 Å². The van der Waals surface area contributed by atoms with Crippen molar-refractivity contribution in [3.05, 3.63) is 24.3 Å². The van der Waals surface area contributed by atoms with E-state index in [-0.39, 0.29) is 11.6 Å². The van der Waals surface area contributed by atoms with Gasteiger partial charge in [-0.05, 0) is 18.6 Å². The van der Waals surface area contributed by atoms with Gasteiger partial charge in [0.2, 0.25) is 10.0 Å². The highest BCUT2D eigenvalue weighted by Crippen LogP contribution is 2.22. The fraction of sp³-hybridized carbons (Fsp3) is 0.364. The Morgan fingerprint density at radius 1 is 1.35 bits per heavy atom. The molecular weight excluding hydrogens is 240 g/mol. The number of unbranched alkanes of at least 4 members (excludes halogenated alkanes) is 1. The van der Waals surface area contributed by atoms with Crippen LogP contribution in [0.4, 0.5) is 5.82 Å². The lowest BCUT2D eigenvalue weighted by atomic mass is 10.2. The maximum absolute atomic E-state index is 11.7. The number of para-hydroxylation sites is 1. The van der Waals surface area contributed by atoms with Gasteiger partial charge in [-0.1, -0.05) is 30.6 Å². The number of fused-ring (bicyclic) bond motifs is 1. The number of sulfonamides is 1. The fourth-order valence-corrected chi connectivity index (χ4v) is 2.70. The Labute approximate surface area is 99.8 Å². The molecule has 0 saturated heterocycles. The number of hydrogen-bond acceptors (Lipinski definition) is 4. The highest BCUT2D eigenvalue weighted by atomic mass is 32.2. The number of nitrogens with zero attached hydrogens (tertiary/aromatic N) is 1. The summed E-state index contributed by atoms with van der Waals surface area (Å²) in [5.41, 5.74) is 0.570. The second-order valence-electron chi connectivity index (χ2n) is 3.80. The number of nitrogens with one attached hydrogen (secondary N) is 1. The SMILES string of the molecule is CCCCS(=O)(=O)Nc1noc2ccccc12. The van der Waals surface area contributed by atoms with Gasteiger partial charge in [-0.15, -0.1) is 0 Å². The molecule has 1 N–H and O–H groups in total. The van der Waals surface area contributed by atoms with Gasteiger partial charge in [0, 0.05) is 0 Å². The molecule has 5 nitrogen and oxygen atoms in total. The summed E-state index contributed by atoms with van der Waals surface area (Å²) < 4.78 is 30.9. The topological polar surface area (TPSA) is 72.2 Å². The van der Waals surface area contributed by atoms with Gasteiger partial charge < -0.3 is 4.52 Å². The lowest BCUT2D eigenvalue weighted by Crippen LogP contribution is -2.16. The number of rotatable bonds is 5. The molecule has 92 valence electrons. The monoisotopic (exact) mass is 254 g/mol. The first kappa shape index (κ1) is 11.9. The predicted molar refractivity (Wildman–Crippen MR) is 66.3 cm³/mol. The highest BCUT2D eigenvalue weighted by molar-refractivity contribution is 7.92. The van der Waals surface area contributed by atoms with Gasteiger partial charge in [-0.3, -0.25) is 4.72 Å². The van der Waals surface area contributed by atoms with Crippen molar-refractivity contribution >= 4 is 26.8 Å². The van der Waals surface area contributed by atoms with Gasteiger partial charge in [-0.2, -0.15) is 0 Å². The van der Waals surface area contributed by atoms with Crippen molar-refractivity contribution in [2.24, 2.45) is 0 Å². The Kier molecular flexibility index (Phi) is 3.33. The van der Waals surface area contributed by atoms with E-state index < -0.39 is 10.0 Å². The van der Waals surface area contributed by atoms with Crippen molar-refractivity contribution in [2.45, 2.75) is 19.8 Å². The van der Waals surface area contributed by atoms with E-state index in [1.807, 2.05) is 19.1 Å². The van der Waals surface area contributed by atoms with Crippen LogP contribution < -0.4 is 4.72 Å².